The molecule has 14 heavy (non-hydrogen) atoms. The van der Waals surface area contributed by atoms with Gasteiger partial charge in [-0.2, -0.15) is 0 Å². The van der Waals surface area contributed by atoms with Crippen molar-refractivity contribution in [2.24, 2.45) is 0 Å². The summed E-state index contributed by atoms with van der Waals surface area (Å²) in [5.74, 6) is 0. The first-order valence-electron chi connectivity index (χ1n) is 4.21. The Labute approximate surface area is 115 Å². The molecule has 1 rings (SSSR count). The van der Waals surface area contributed by atoms with Gasteiger partial charge >= 0.3 is 117 Å². The first-order chi connectivity index (χ1) is 6.77. The van der Waals surface area contributed by atoms with Gasteiger partial charge in [0.05, 0.1) is 0 Å². The average molecular weight is 341 g/mol. The molecule has 0 aliphatic carbocycles. The molecule has 1 nitrogen and oxygen atoms in total. The second kappa shape index (κ2) is 6.35. The number of rotatable bonds is 3. The number of benzene rings is 1. The zero-order chi connectivity index (χ0) is 10.4. The average Bonchev–Trinajstić information content (AvgIpc) is 2.19. The molecule has 0 aromatic heterocycles. The molecule has 0 fully saturated rings. The third-order valence-electron chi connectivity index (χ3n) is 1.87. The van der Waals surface area contributed by atoms with Crippen LogP contribution < -0.4 is 0 Å². The predicted octanol–water partition coefficient (Wildman–Crippen LogP) is 2.23. The van der Waals surface area contributed by atoms with Gasteiger partial charge in [0, 0.05) is 0 Å². The Bertz CT molecular complexity index is 399. The van der Waals surface area contributed by atoms with Crippen LogP contribution in [0, 0.1) is 68.4 Å². The number of hydrogen-bond acceptors (Lipinski definition) is 1. The normalized spacial score (nSPS) is 10.1. The summed E-state index contributed by atoms with van der Waals surface area (Å²) in [6, 6.07) is 9.18. The van der Waals surface area contributed by atoms with Crippen LogP contribution in [-0.4, -0.2) is 0.737 Å². The molecule has 0 unspecified atom stereocenters. The standard InChI is InChI=1S/C12H10N.Yb/c1-3-11-7-6-10(2)12(9-11)5-4-8-13;/h1,4-6,9H,3H2,2H3;/q-1;/b5-4+;. The summed E-state index contributed by atoms with van der Waals surface area (Å²) in [6.07, 6.45) is 4.18. The molecule has 0 atom stereocenters. The van der Waals surface area contributed by atoms with Crippen molar-refractivity contribution in [2.45, 2.75) is 13.3 Å². The fraction of sp³-hybridized carbons (Fsp3) is 0.167. The number of hydrogen-bond donors (Lipinski definition) is 0. The molecule has 0 amide bonds. The van der Waals surface area contributed by atoms with Gasteiger partial charge in [-0.15, -0.1) is 0 Å². The van der Waals surface area contributed by atoms with E-state index in [2.05, 4.69) is 56.2 Å². The summed E-state index contributed by atoms with van der Waals surface area (Å²) < 4.78 is 1.96. The minimum absolute atomic E-state index is 0.863. The van der Waals surface area contributed by atoms with Crippen LogP contribution in [0.4, 0.5) is 0 Å². The molecule has 0 N–H and O–H groups in total. The van der Waals surface area contributed by atoms with Crippen LogP contribution in [0.1, 0.15) is 16.7 Å². The molecule has 0 spiro atoms. The molecule has 0 aliphatic heterocycles. The van der Waals surface area contributed by atoms with E-state index in [1.54, 1.807) is 0 Å². The van der Waals surface area contributed by atoms with Crippen molar-refractivity contribution >= 4 is 6.81 Å². The second-order valence-corrected chi connectivity index (χ2v) is 3.57. The number of aryl methyl sites for hydroxylation is 1. The maximum absolute atomic E-state index is 8.43. The molecular weight excluding hydrogens is 331 g/mol. The molecule has 2 heteroatoms. The Balaban J connectivity index is 3.02. The third-order valence-corrected chi connectivity index (χ3v) is 2.22. The summed E-state index contributed by atoms with van der Waals surface area (Å²) in [4.78, 5) is 0. The molecule has 1 aromatic carbocycles. The van der Waals surface area contributed by atoms with Crippen molar-refractivity contribution in [3.8, 4) is 6.07 Å². The molecule has 0 radical (unpaired) electrons. The van der Waals surface area contributed by atoms with E-state index in [9.17, 15) is 0 Å². The second-order valence-electron chi connectivity index (χ2n) is 2.87. The monoisotopic (exact) mass is 342 g/mol. The number of nitriles is 1. The van der Waals surface area contributed by atoms with Crippen LogP contribution in [0.25, 0.3) is 6.08 Å². The van der Waals surface area contributed by atoms with Crippen molar-refractivity contribution < 1.29 is 44.1 Å². The fourth-order valence-electron chi connectivity index (χ4n) is 1.11. The van der Waals surface area contributed by atoms with Gasteiger partial charge in [0.25, 0.3) is 0 Å². The number of nitrogens with zero attached hydrogens (tertiary/aromatic N) is 1. The quantitative estimate of drug-likeness (QED) is 0.611. The van der Waals surface area contributed by atoms with E-state index >= 15 is 0 Å². The molecular formula is C12H10NYb-. The van der Waals surface area contributed by atoms with Crippen molar-refractivity contribution in [3.63, 3.8) is 0 Å². The van der Waals surface area contributed by atoms with E-state index < -0.39 is 0 Å². The van der Waals surface area contributed by atoms with Gasteiger partial charge in [0.1, 0.15) is 0 Å². The summed E-state index contributed by atoms with van der Waals surface area (Å²) in [6.45, 7) is 2.01. The van der Waals surface area contributed by atoms with Crippen LogP contribution >= 0.6 is 0 Å². The maximum atomic E-state index is 8.43. The van der Waals surface area contributed by atoms with E-state index in [0.29, 0.717) is 0 Å². The van der Waals surface area contributed by atoms with E-state index in [1.807, 2.05) is 25.9 Å². The molecule has 0 bridgehead atoms. The summed E-state index contributed by atoms with van der Waals surface area (Å²) >= 11 is 2.94. The van der Waals surface area contributed by atoms with Gasteiger partial charge in [0.2, 0.25) is 0 Å². The summed E-state index contributed by atoms with van der Waals surface area (Å²) in [5, 5.41) is 8.43. The first kappa shape index (κ1) is 11.9. The Hall–Kier alpha value is -0.161. The van der Waals surface area contributed by atoms with E-state index in [1.165, 1.54) is 6.08 Å². The Morgan fingerprint density at radius 3 is 3.07 bits per heavy atom. The van der Waals surface area contributed by atoms with Gasteiger partial charge in [-0.25, -0.2) is 0 Å². The van der Waals surface area contributed by atoms with Gasteiger partial charge in [0.15, 0.2) is 0 Å². The summed E-state index contributed by atoms with van der Waals surface area (Å²) in [7, 11) is 0. The number of allylic oxidation sites excluding steroid dienone is 1. The van der Waals surface area contributed by atoms with Gasteiger partial charge in [-0.05, 0) is 0 Å². The van der Waals surface area contributed by atoms with Crippen molar-refractivity contribution in [3.05, 3.63) is 41.0 Å². The molecule has 0 aliphatic rings. The van der Waals surface area contributed by atoms with Crippen molar-refractivity contribution in [2.75, 3.05) is 0 Å². The van der Waals surface area contributed by atoms with Gasteiger partial charge in [-0.3, -0.25) is 0 Å². The molecule has 0 saturated heterocycles. The minimum atomic E-state index is 0.863. The SMILES string of the molecule is Cc1c[c-]c(C[CH]=[Yb])cc1/C=C/C#N. The Morgan fingerprint density at radius 2 is 2.43 bits per heavy atom. The van der Waals surface area contributed by atoms with Crippen LogP contribution in [0.2, 0.25) is 0 Å². The first-order valence-corrected chi connectivity index (χ1v) is 5.20. The Kier molecular flexibility index (Phi) is 5.40. The van der Waals surface area contributed by atoms with Crippen LogP contribution in [0.15, 0.2) is 18.2 Å². The van der Waals surface area contributed by atoms with E-state index in [4.69, 9.17) is 5.26 Å². The Morgan fingerprint density at radius 1 is 1.64 bits per heavy atom. The van der Waals surface area contributed by atoms with Crippen LogP contribution in [0.3, 0.4) is 0 Å². The molecule has 1 aromatic rings. The van der Waals surface area contributed by atoms with Crippen LogP contribution in [-0.2, 0) is 6.42 Å². The molecule has 78 valence electrons. The van der Waals surface area contributed by atoms with Gasteiger partial charge < -0.3 is 0 Å². The van der Waals surface area contributed by atoms with Gasteiger partial charge in [-0.1, -0.05) is 0 Å². The van der Waals surface area contributed by atoms with Crippen molar-refractivity contribution in [1.82, 2.24) is 0 Å². The summed E-state index contributed by atoms with van der Waals surface area (Å²) in [5.41, 5.74) is 3.35. The third kappa shape index (κ3) is 3.53. The zero-order valence-electron chi connectivity index (χ0n) is 7.81. The van der Waals surface area contributed by atoms with Crippen LogP contribution in [0.5, 0.6) is 0 Å². The molecule has 0 saturated carbocycles. The van der Waals surface area contributed by atoms with E-state index in [-0.39, 0.29) is 0 Å². The zero-order valence-corrected chi connectivity index (χ0v) is 9.52. The topological polar surface area (TPSA) is 23.8 Å². The predicted molar refractivity (Wildman–Crippen MR) is 54.4 cm³/mol. The molecule has 0 heterocycles. The fourth-order valence-corrected chi connectivity index (χ4v) is 1.49. The van der Waals surface area contributed by atoms with Crippen molar-refractivity contribution in [1.29, 1.82) is 5.26 Å². The van der Waals surface area contributed by atoms with E-state index in [0.717, 1.165) is 23.1 Å².